The minimum atomic E-state index is 0.237. The molecule has 0 aromatic heterocycles. The molecule has 2 heteroatoms. The molecule has 0 bridgehead atoms. The molecule has 1 nitrogen and oxygen atoms in total. The fourth-order valence-corrected chi connectivity index (χ4v) is 2.28. The fraction of sp³-hybridized carbons (Fsp3) is 0.500. The van der Waals surface area contributed by atoms with E-state index >= 15 is 0 Å². The average molecular weight is 254 g/mol. The fourth-order valence-electron chi connectivity index (χ4n) is 1.89. The molecule has 1 saturated carbocycles. The van der Waals surface area contributed by atoms with E-state index in [4.69, 9.17) is 5.73 Å². The summed E-state index contributed by atoms with van der Waals surface area (Å²) in [5.74, 6) is 0.713. The van der Waals surface area contributed by atoms with E-state index in [1.54, 1.807) is 0 Å². The van der Waals surface area contributed by atoms with Gasteiger partial charge in [0.05, 0.1) is 0 Å². The Labute approximate surface area is 93.8 Å². The van der Waals surface area contributed by atoms with Crippen molar-refractivity contribution in [3.05, 3.63) is 33.8 Å². The quantitative estimate of drug-likeness (QED) is 0.858. The van der Waals surface area contributed by atoms with Gasteiger partial charge in [-0.1, -0.05) is 34.5 Å². The molecule has 1 atom stereocenters. The molecular formula is C12H16BrN. The van der Waals surface area contributed by atoms with Crippen molar-refractivity contribution in [1.82, 2.24) is 0 Å². The van der Waals surface area contributed by atoms with Crippen LogP contribution in [0.1, 0.15) is 36.4 Å². The standard InChI is InChI=1S/C12H16BrN/c1-8-5-6-10(7-11(8)13)12(14)9-3-2-4-9/h5-7,9,12H,2-4,14H2,1H3/t12-/m1/s1. The smallest absolute Gasteiger partial charge is 0.0323 e. The summed E-state index contributed by atoms with van der Waals surface area (Å²) in [7, 11) is 0. The van der Waals surface area contributed by atoms with Crippen LogP contribution >= 0.6 is 15.9 Å². The summed E-state index contributed by atoms with van der Waals surface area (Å²) < 4.78 is 1.17. The normalized spacial score (nSPS) is 19.1. The van der Waals surface area contributed by atoms with Gasteiger partial charge in [-0.3, -0.25) is 0 Å². The summed E-state index contributed by atoms with van der Waals surface area (Å²) in [6.45, 7) is 2.10. The lowest BCUT2D eigenvalue weighted by molar-refractivity contribution is 0.264. The Kier molecular flexibility index (Phi) is 2.93. The molecule has 0 heterocycles. The first-order chi connectivity index (χ1) is 6.68. The van der Waals surface area contributed by atoms with E-state index in [2.05, 4.69) is 41.1 Å². The van der Waals surface area contributed by atoms with Crippen molar-refractivity contribution in [1.29, 1.82) is 0 Å². The molecule has 1 aromatic carbocycles. The number of benzene rings is 1. The van der Waals surface area contributed by atoms with Gasteiger partial charge in [-0.25, -0.2) is 0 Å². The number of halogens is 1. The third-order valence-electron chi connectivity index (χ3n) is 3.24. The Morgan fingerprint density at radius 2 is 2.14 bits per heavy atom. The van der Waals surface area contributed by atoms with Crippen molar-refractivity contribution in [3.8, 4) is 0 Å². The number of aryl methyl sites for hydroxylation is 1. The van der Waals surface area contributed by atoms with Gasteiger partial charge in [-0.2, -0.15) is 0 Å². The number of hydrogen-bond donors (Lipinski definition) is 1. The van der Waals surface area contributed by atoms with Crippen molar-refractivity contribution in [2.75, 3.05) is 0 Å². The molecule has 14 heavy (non-hydrogen) atoms. The summed E-state index contributed by atoms with van der Waals surface area (Å²) in [6, 6.07) is 6.69. The second-order valence-corrected chi connectivity index (χ2v) is 5.08. The van der Waals surface area contributed by atoms with E-state index in [1.165, 1.54) is 34.9 Å². The third-order valence-corrected chi connectivity index (χ3v) is 4.09. The van der Waals surface area contributed by atoms with Gasteiger partial charge >= 0.3 is 0 Å². The second kappa shape index (κ2) is 4.03. The lowest BCUT2D eigenvalue weighted by Gasteiger charge is -2.31. The molecule has 0 saturated heterocycles. The Balaban J connectivity index is 2.18. The predicted molar refractivity (Wildman–Crippen MR) is 63.1 cm³/mol. The van der Waals surface area contributed by atoms with Gasteiger partial charge in [-0.05, 0) is 42.9 Å². The van der Waals surface area contributed by atoms with Crippen molar-refractivity contribution in [2.24, 2.45) is 11.7 Å². The summed E-state index contributed by atoms with van der Waals surface area (Å²) in [4.78, 5) is 0. The SMILES string of the molecule is Cc1ccc([C@H](N)C2CCC2)cc1Br. The molecule has 1 aliphatic carbocycles. The van der Waals surface area contributed by atoms with Crippen LogP contribution < -0.4 is 5.73 Å². The van der Waals surface area contributed by atoms with E-state index < -0.39 is 0 Å². The van der Waals surface area contributed by atoms with Gasteiger partial charge in [0.2, 0.25) is 0 Å². The lowest BCUT2D eigenvalue weighted by Crippen LogP contribution is -2.26. The monoisotopic (exact) mass is 253 g/mol. The van der Waals surface area contributed by atoms with Crippen LogP contribution in [0.15, 0.2) is 22.7 Å². The highest BCUT2D eigenvalue weighted by Gasteiger charge is 2.25. The maximum atomic E-state index is 6.20. The molecule has 0 radical (unpaired) electrons. The van der Waals surface area contributed by atoms with Crippen LogP contribution in [0.25, 0.3) is 0 Å². The van der Waals surface area contributed by atoms with Crippen molar-refractivity contribution >= 4 is 15.9 Å². The van der Waals surface area contributed by atoms with Crippen LogP contribution in [0.5, 0.6) is 0 Å². The van der Waals surface area contributed by atoms with E-state index in [9.17, 15) is 0 Å². The summed E-state index contributed by atoms with van der Waals surface area (Å²) in [6.07, 6.45) is 3.95. The molecule has 2 N–H and O–H groups in total. The summed E-state index contributed by atoms with van der Waals surface area (Å²) in [5.41, 5.74) is 8.74. The van der Waals surface area contributed by atoms with Crippen molar-refractivity contribution in [3.63, 3.8) is 0 Å². The highest BCUT2D eigenvalue weighted by molar-refractivity contribution is 9.10. The molecular weight excluding hydrogens is 238 g/mol. The maximum Gasteiger partial charge on any atom is 0.0323 e. The van der Waals surface area contributed by atoms with Crippen LogP contribution in [0, 0.1) is 12.8 Å². The van der Waals surface area contributed by atoms with Crippen molar-refractivity contribution < 1.29 is 0 Å². The number of hydrogen-bond acceptors (Lipinski definition) is 1. The minimum Gasteiger partial charge on any atom is -0.324 e. The molecule has 1 aliphatic rings. The maximum absolute atomic E-state index is 6.20. The van der Waals surface area contributed by atoms with Crippen LogP contribution in [-0.4, -0.2) is 0 Å². The summed E-state index contributed by atoms with van der Waals surface area (Å²) in [5, 5.41) is 0. The van der Waals surface area contributed by atoms with Crippen molar-refractivity contribution in [2.45, 2.75) is 32.2 Å². The molecule has 0 unspecified atom stereocenters. The Morgan fingerprint density at radius 3 is 2.64 bits per heavy atom. The van der Waals surface area contributed by atoms with Gasteiger partial charge < -0.3 is 5.73 Å². The second-order valence-electron chi connectivity index (χ2n) is 4.23. The lowest BCUT2D eigenvalue weighted by atomic mass is 9.77. The Morgan fingerprint density at radius 1 is 1.43 bits per heavy atom. The molecule has 0 spiro atoms. The van der Waals surface area contributed by atoms with E-state index in [0.717, 1.165) is 0 Å². The van der Waals surface area contributed by atoms with E-state index in [-0.39, 0.29) is 6.04 Å². The van der Waals surface area contributed by atoms with Crippen LogP contribution in [0.2, 0.25) is 0 Å². The van der Waals surface area contributed by atoms with Gasteiger partial charge in [-0.15, -0.1) is 0 Å². The molecule has 0 aliphatic heterocycles. The Bertz CT molecular complexity index is 331. The Hall–Kier alpha value is -0.340. The highest BCUT2D eigenvalue weighted by Crippen LogP contribution is 2.36. The number of rotatable bonds is 2. The van der Waals surface area contributed by atoms with Gasteiger partial charge in [0.15, 0.2) is 0 Å². The minimum absolute atomic E-state index is 0.237. The van der Waals surface area contributed by atoms with E-state index in [1.807, 2.05) is 0 Å². The average Bonchev–Trinajstić information content (AvgIpc) is 2.06. The number of nitrogens with two attached hydrogens (primary N) is 1. The van der Waals surface area contributed by atoms with Gasteiger partial charge in [0, 0.05) is 10.5 Å². The topological polar surface area (TPSA) is 26.0 Å². The first-order valence-electron chi connectivity index (χ1n) is 5.20. The zero-order valence-electron chi connectivity index (χ0n) is 8.46. The van der Waals surface area contributed by atoms with Crippen LogP contribution in [0.3, 0.4) is 0 Å². The molecule has 76 valence electrons. The van der Waals surface area contributed by atoms with Gasteiger partial charge in [0.25, 0.3) is 0 Å². The van der Waals surface area contributed by atoms with E-state index in [0.29, 0.717) is 5.92 Å². The molecule has 1 aromatic rings. The van der Waals surface area contributed by atoms with Gasteiger partial charge in [0.1, 0.15) is 0 Å². The molecule has 2 rings (SSSR count). The van der Waals surface area contributed by atoms with Crippen LogP contribution in [-0.2, 0) is 0 Å². The largest absolute Gasteiger partial charge is 0.324 e. The highest BCUT2D eigenvalue weighted by atomic mass is 79.9. The zero-order valence-corrected chi connectivity index (χ0v) is 10.0. The third kappa shape index (κ3) is 1.86. The predicted octanol–water partition coefficient (Wildman–Crippen LogP) is 3.56. The molecule has 0 amide bonds. The first-order valence-corrected chi connectivity index (χ1v) is 5.99. The van der Waals surface area contributed by atoms with Crippen LogP contribution in [0.4, 0.5) is 0 Å². The molecule has 1 fully saturated rings. The zero-order chi connectivity index (χ0) is 10.1. The summed E-state index contributed by atoms with van der Waals surface area (Å²) >= 11 is 3.55. The first kappa shape index (κ1) is 10.2.